The van der Waals surface area contributed by atoms with Crippen molar-refractivity contribution in [3.63, 3.8) is 0 Å². The predicted octanol–water partition coefficient (Wildman–Crippen LogP) is 2.88. The van der Waals surface area contributed by atoms with Crippen LogP contribution in [0.2, 0.25) is 5.02 Å². The molecule has 1 aromatic carbocycles. The van der Waals surface area contributed by atoms with Crippen LogP contribution in [0.4, 0.5) is 0 Å². The van der Waals surface area contributed by atoms with Crippen molar-refractivity contribution in [1.82, 2.24) is 4.90 Å². The van der Waals surface area contributed by atoms with Crippen LogP contribution in [0.3, 0.4) is 0 Å². The molecule has 0 radical (unpaired) electrons. The van der Waals surface area contributed by atoms with Gasteiger partial charge in [-0.2, -0.15) is 0 Å². The lowest BCUT2D eigenvalue weighted by molar-refractivity contribution is 0.232. The van der Waals surface area contributed by atoms with Gasteiger partial charge >= 0.3 is 0 Å². The summed E-state index contributed by atoms with van der Waals surface area (Å²) in [6, 6.07) is 8.17. The quantitative estimate of drug-likeness (QED) is 0.605. The first kappa shape index (κ1) is 14.0. The lowest BCUT2D eigenvalue weighted by Gasteiger charge is -2.26. The van der Waals surface area contributed by atoms with E-state index in [0.29, 0.717) is 12.5 Å². The molecule has 1 unspecified atom stereocenters. The van der Waals surface area contributed by atoms with Gasteiger partial charge in [-0.15, -0.1) is 0 Å². The van der Waals surface area contributed by atoms with Gasteiger partial charge in [0.05, 0.1) is 5.84 Å². The van der Waals surface area contributed by atoms with Crippen molar-refractivity contribution in [2.45, 2.75) is 32.4 Å². The largest absolute Gasteiger partial charge is 0.388 e. The molecule has 0 bridgehead atoms. The molecule has 0 amide bonds. The second-order valence-corrected chi connectivity index (χ2v) is 4.77. The first-order valence-corrected chi connectivity index (χ1v) is 6.18. The molecule has 1 rings (SSSR count). The van der Waals surface area contributed by atoms with E-state index < -0.39 is 0 Å². The molecular weight excluding hydrogens is 234 g/mol. The maximum atomic E-state index is 7.37. The van der Waals surface area contributed by atoms with Crippen LogP contribution >= 0.6 is 11.6 Å². The molecule has 1 aromatic rings. The molecule has 0 aromatic heterocycles. The summed E-state index contributed by atoms with van der Waals surface area (Å²) < 4.78 is 0. The van der Waals surface area contributed by atoms with Crippen LogP contribution in [-0.2, 0) is 6.54 Å². The lowest BCUT2D eigenvalue weighted by atomic mass is 10.1. The zero-order valence-electron chi connectivity index (χ0n) is 10.4. The van der Waals surface area contributed by atoms with Crippen LogP contribution < -0.4 is 5.73 Å². The van der Waals surface area contributed by atoms with E-state index in [1.807, 2.05) is 18.2 Å². The molecule has 3 N–H and O–H groups in total. The third-order valence-corrected chi connectivity index (χ3v) is 3.11. The van der Waals surface area contributed by atoms with Crippen LogP contribution in [0, 0.1) is 5.41 Å². The van der Waals surface area contributed by atoms with Crippen molar-refractivity contribution < 1.29 is 0 Å². The number of halogens is 1. The molecule has 1 atom stereocenters. The number of nitrogens with zero attached hydrogens (tertiary/aromatic N) is 1. The highest BCUT2D eigenvalue weighted by atomic mass is 35.5. The van der Waals surface area contributed by atoms with Crippen LogP contribution in [-0.4, -0.2) is 23.8 Å². The summed E-state index contributed by atoms with van der Waals surface area (Å²) in [5, 5.41) is 8.12. The molecule has 0 aliphatic rings. The fourth-order valence-corrected chi connectivity index (χ4v) is 2.13. The van der Waals surface area contributed by atoms with Crippen molar-refractivity contribution >= 4 is 17.4 Å². The fourth-order valence-electron chi connectivity index (χ4n) is 1.92. The Kier molecular flexibility index (Phi) is 5.45. The number of rotatable bonds is 6. The molecule has 0 saturated carbocycles. The van der Waals surface area contributed by atoms with Crippen molar-refractivity contribution in [1.29, 1.82) is 5.41 Å². The zero-order valence-corrected chi connectivity index (χ0v) is 11.2. The Morgan fingerprint density at radius 3 is 2.76 bits per heavy atom. The van der Waals surface area contributed by atoms with Gasteiger partial charge in [0, 0.05) is 24.0 Å². The first-order valence-electron chi connectivity index (χ1n) is 5.80. The van der Waals surface area contributed by atoms with Crippen LogP contribution in [0.25, 0.3) is 0 Å². The Labute approximate surface area is 108 Å². The summed E-state index contributed by atoms with van der Waals surface area (Å²) in [4.78, 5) is 2.22. The molecule has 0 heterocycles. The van der Waals surface area contributed by atoms with Crippen molar-refractivity contribution in [2.24, 2.45) is 5.73 Å². The van der Waals surface area contributed by atoms with E-state index in [1.54, 1.807) is 0 Å². The Morgan fingerprint density at radius 1 is 1.53 bits per heavy atom. The van der Waals surface area contributed by atoms with Crippen LogP contribution in [0.5, 0.6) is 0 Å². The van der Waals surface area contributed by atoms with Crippen LogP contribution in [0.1, 0.15) is 25.3 Å². The first-order chi connectivity index (χ1) is 8.02. The molecule has 0 aliphatic carbocycles. The predicted molar refractivity (Wildman–Crippen MR) is 73.5 cm³/mol. The Bertz CT molecular complexity index is 379. The van der Waals surface area contributed by atoms with E-state index in [-0.39, 0.29) is 5.84 Å². The topological polar surface area (TPSA) is 53.1 Å². The SMILES string of the molecule is CCC(CC(=N)N)N(C)Cc1cccc(Cl)c1. The minimum atomic E-state index is 0.245. The summed E-state index contributed by atoms with van der Waals surface area (Å²) in [7, 11) is 2.05. The highest BCUT2D eigenvalue weighted by Crippen LogP contribution is 2.15. The number of hydrogen-bond donors (Lipinski definition) is 2. The third-order valence-electron chi connectivity index (χ3n) is 2.87. The highest BCUT2D eigenvalue weighted by molar-refractivity contribution is 6.30. The van der Waals surface area contributed by atoms with Gasteiger partial charge in [0.1, 0.15) is 0 Å². The van der Waals surface area contributed by atoms with Crippen molar-refractivity contribution in [2.75, 3.05) is 7.05 Å². The second-order valence-electron chi connectivity index (χ2n) is 4.34. The average molecular weight is 254 g/mol. The van der Waals surface area contributed by atoms with Gasteiger partial charge in [0.2, 0.25) is 0 Å². The van der Waals surface area contributed by atoms with Gasteiger partial charge in [-0.3, -0.25) is 10.3 Å². The molecule has 3 nitrogen and oxygen atoms in total. The molecule has 0 aliphatic heterocycles. The van der Waals surface area contributed by atoms with E-state index in [0.717, 1.165) is 18.0 Å². The molecule has 0 spiro atoms. The summed E-state index contributed by atoms with van der Waals surface area (Å²) in [6.45, 7) is 2.94. The smallest absolute Gasteiger partial charge is 0.0921 e. The lowest BCUT2D eigenvalue weighted by Crippen LogP contribution is -2.34. The summed E-state index contributed by atoms with van der Waals surface area (Å²) in [6.07, 6.45) is 1.60. The number of nitrogens with two attached hydrogens (primary N) is 1. The number of nitrogens with one attached hydrogen (secondary N) is 1. The van der Waals surface area contributed by atoms with Gasteiger partial charge in [0.15, 0.2) is 0 Å². The van der Waals surface area contributed by atoms with E-state index in [1.165, 1.54) is 5.56 Å². The monoisotopic (exact) mass is 253 g/mol. The van der Waals surface area contributed by atoms with Gasteiger partial charge in [-0.05, 0) is 31.2 Å². The number of benzene rings is 1. The highest BCUT2D eigenvalue weighted by Gasteiger charge is 2.14. The molecule has 94 valence electrons. The molecule has 0 fully saturated rings. The normalized spacial score (nSPS) is 12.7. The molecule has 17 heavy (non-hydrogen) atoms. The number of hydrogen-bond acceptors (Lipinski definition) is 2. The fraction of sp³-hybridized carbons (Fsp3) is 0.462. The third kappa shape index (κ3) is 4.75. The summed E-state index contributed by atoms with van der Waals surface area (Å²) in [5.74, 6) is 0.245. The maximum absolute atomic E-state index is 7.37. The Hall–Kier alpha value is -1.06. The van der Waals surface area contributed by atoms with E-state index in [9.17, 15) is 0 Å². The standard InChI is InChI=1S/C13H20ClN3/c1-3-12(8-13(15)16)17(2)9-10-5-4-6-11(14)7-10/h4-7,12H,3,8-9H2,1-2H3,(H3,15,16). The van der Waals surface area contributed by atoms with E-state index in [2.05, 4.69) is 24.9 Å². The average Bonchev–Trinajstić information content (AvgIpc) is 2.25. The van der Waals surface area contributed by atoms with Crippen molar-refractivity contribution in [3.8, 4) is 0 Å². The minimum Gasteiger partial charge on any atom is -0.388 e. The van der Waals surface area contributed by atoms with Crippen molar-refractivity contribution in [3.05, 3.63) is 34.9 Å². The number of amidine groups is 1. The molecule has 0 saturated heterocycles. The van der Waals surface area contributed by atoms with E-state index >= 15 is 0 Å². The second kappa shape index (κ2) is 6.62. The summed E-state index contributed by atoms with van der Waals surface area (Å²) >= 11 is 5.95. The van der Waals surface area contributed by atoms with Gasteiger partial charge in [-0.25, -0.2) is 0 Å². The Morgan fingerprint density at radius 2 is 2.24 bits per heavy atom. The zero-order chi connectivity index (χ0) is 12.8. The van der Waals surface area contributed by atoms with Gasteiger partial charge in [0.25, 0.3) is 0 Å². The maximum Gasteiger partial charge on any atom is 0.0921 e. The van der Waals surface area contributed by atoms with Crippen LogP contribution in [0.15, 0.2) is 24.3 Å². The van der Waals surface area contributed by atoms with Gasteiger partial charge in [-0.1, -0.05) is 30.7 Å². The molecule has 4 heteroatoms. The summed E-state index contributed by atoms with van der Waals surface area (Å²) in [5.41, 5.74) is 6.64. The van der Waals surface area contributed by atoms with Gasteiger partial charge < -0.3 is 5.73 Å². The minimum absolute atomic E-state index is 0.245. The Balaban J connectivity index is 2.63. The van der Waals surface area contributed by atoms with E-state index in [4.69, 9.17) is 22.7 Å². The molecular formula is C13H20ClN3.